The fraction of sp³-hybridized carbons (Fsp3) is 0.875. The SMILES string of the molecule is CCNC(=NCC1CCS(=O)(=O)C1)N1CCC(NC(=O)NC2CC2)C1.I. The van der Waals surface area contributed by atoms with Gasteiger partial charge in [-0.25, -0.2) is 13.2 Å². The van der Waals surface area contributed by atoms with E-state index in [-0.39, 0.29) is 53.5 Å². The Morgan fingerprint density at radius 3 is 2.50 bits per heavy atom. The van der Waals surface area contributed by atoms with Crippen LogP contribution in [0.15, 0.2) is 4.99 Å². The summed E-state index contributed by atoms with van der Waals surface area (Å²) in [5.41, 5.74) is 0. The number of hydrogen-bond donors (Lipinski definition) is 3. The second kappa shape index (κ2) is 9.43. The van der Waals surface area contributed by atoms with Gasteiger partial charge in [-0.3, -0.25) is 4.99 Å². The van der Waals surface area contributed by atoms with E-state index in [1.807, 2.05) is 6.92 Å². The van der Waals surface area contributed by atoms with E-state index in [9.17, 15) is 13.2 Å². The van der Waals surface area contributed by atoms with E-state index in [2.05, 4.69) is 25.8 Å². The van der Waals surface area contributed by atoms with Crippen LogP contribution in [0.5, 0.6) is 0 Å². The molecule has 0 bridgehead atoms. The van der Waals surface area contributed by atoms with Crippen molar-refractivity contribution in [1.82, 2.24) is 20.9 Å². The minimum Gasteiger partial charge on any atom is -0.357 e. The molecule has 3 aliphatic rings. The lowest BCUT2D eigenvalue weighted by Gasteiger charge is -2.22. The molecule has 150 valence electrons. The number of carbonyl (C=O) groups is 1. The maximum Gasteiger partial charge on any atom is 0.315 e. The highest BCUT2D eigenvalue weighted by molar-refractivity contribution is 14.0. The Labute approximate surface area is 172 Å². The number of rotatable bonds is 5. The molecule has 2 atom stereocenters. The van der Waals surface area contributed by atoms with Crippen molar-refractivity contribution in [3.63, 3.8) is 0 Å². The van der Waals surface area contributed by atoms with Crippen LogP contribution in [0.25, 0.3) is 0 Å². The first-order valence-electron chi connectivity index (χ1n) is 9.26. The third-order valence-corrected chi connectivity index (χ3v) is 6.73. The van der Waals surface area contributed by atoms with Crippen LogP contribution >= 0.6 is 24.0 Å². The fourth-order valence-corrected chi connectivity index (χ4v) is 5.22. The van der Waals surface area contributed by atoms with Crippen molar-refractivity contribution in [3.8, 4) is 0 Å². The number of aliphatic imine (C=N–C) groups is 1. The minimum absolute atomic E-state index is 0. The van der Waals surface area contributed by atoms with Crippen LogP contribution in [0, 0.1) is 5.92 Å². The lowest BCUT2D eigenvalue weighted by molar-refractivity contribution is 0.237. The quantitative estimate of drug-likeness (QED) is 0.291. The second-order valence-corrected chi connectivity index (χ2v) is 9.52. The van der Waals surface area contributed by atoms with Crippen molar-refractivity contribution >= 4 is 45.8 Å². The van der Waals surface area contributed by atoms with Crippen molar-refractivity contribution in [2.75, 3.05) is 37.7 Å². The van der Waals surface area contributed by atoms with Crippen LogP contribution in [-0.2, 0) is 9.84 Å². The molecular weight excluding hydrogens is 469 g/mol. The molecule has 2 aliphatic heterocycles. The average molecular weight is 499 g/mol. The Morgan fingerprint density at radius 2 is 1.88 bits per heavy atom. The van der Waals surface area contributed by atoms with Gasteiger partial charge in [0.2, 0.25) is 0 Å². The number of carbonyl (C=O) groups excluding carboxylic acids is 1. The lowest BCUT2D eigenvalue weighted by Crippen LogP contribution is -2.46. The maximum atomic E-state index is 11.9. The zero-order valence-corrected chi connectivity index (χ0v) is 18.4. The van der Waals surface area contributed by atoms with Crippen LogP contribution in [0.3, 0.4) is 0 Å². The summed E-state index contributed by atoms with van der Waals surface area (Å²) in [5.74, 6) is 1.48. The van der Waals surface area contributed by atoms with Gasteiger partial charge in [0, 0.05) is 38.3 Å². The van der Waals surface area contributed by atoms with Crippen molar-refractivity contribution in [2.24, 2.45) is 10.9 Å². The predicted octanol–water partition coefficient (Wildman–Crippen LogP) is 0.541. The Hall–Kier alpha value is -0.780. The molecule has 3 fully saturated rings. The van der Waals surface area contributed by atoms with E-state index in [0.29, 0.717) is 19.0 Å². The van der Waals surface area contributed by atoms with Crippen molar-refractivity contribution in [3.05, 3.63) is 0 Å². The molecule has 8 nitrogen and oxygen atoms in total. The Bertz CT molecular complexity index is 623. The first kappa shape index (κ1) is 21.5. The predicted molar refractivity (Wildman–Crippen MR) is 113 cm³/mol. The fourth-order valence-electron chi connectivity index (χ4n) is 3.37. The van der Waals surface area contributed by atoms with Crippen LogP contribution in [0.2, 0.25) is 0 Å². The van der Waals surface area contributed by atoms with Crippen molar-refractivity contribution in [1.29, 1.82) is 0 Å². The second-order valence-electron chi connectivity index (χ2n) is 7.29. The topological polar surface area (TPSA) is 103 Å². The van der Waals surface area contributed by atoms with Gasteiger partial charge >= 0.3 is 6.03 Å². The van der Waals surface area contributed by atoms with Gasteiger partial charge in [0.15, 0.2) is 15.8 Å². The Balaban J connectivity index is 0.00000243. The molecule has 0 radical (unpaired) electrons. The van der Waals surface area contributed by atoms with Gasteiger partial charge in [0.25, 0.3) is 0 Å². The van der Waals surface area contributed by atoms with Gasteiger partial charge in [0.05, 0.1) is 11.5 Å². The van der Waals surface area contributed by atoms with Gasteiger partial charge in [-0.1, -0.05) is 0 Å². The number of halogens is 1. The molecule has 1 saturated carbocycles. The van der Waals surface area contributed by atoms with Crippen molar-refractivity contribution in [2.45, 2.75) is 44.7 Å². The molecule has 0 aromatic rings. The van der Waals surface area contributed by atoms with E-state index in [1.165, 1.54) is 0 Å². The molecule has 10 heteroatoms. The third-order valence-electron chi connectivity index (χ3n) is 4.90. The van der Waals surface area contributed by atoms with E-state index in [4.69, 9.17) is 0 Å². The van der Waals surface area contributed by atoms with E-state index >= 15 is 0 Å². The summed E-state index contributed by atoms with van der Waals surface area (Å²) in [4.78, 5) is 18.7. The van der Waals surface area contributed by atoms with E-state index < -0.39 is 9.84 Å². The van der Waals surface area contributed by atoms with Gasteiger partial charge in [-0.05, 0) is 38.5 Å². The minimum atomic E-state index is -2.86. The molecule has 2 amide bonds. The zero-order valence-electron chi connectivity index (χ0n) is 15.2. The van der Waals surface area contributed by atoms with E-state index in [0.717, 1.165) is 44.9 Å². The highest BCUT2D eigenvalue weighted by Gasteiger charge is 2.30. The largest absolute Gasteiger partial charge is 0.357 e. The molecule has 2 saturated heterocycles. The first-order chi connectivity index (χ1) is 11.9. The van der Waals surface area contributed by atoms with Crippen LogP contribution in [-0.4, -0.2) is 75.1 Å². The number of guanidine groups is 1. The summed E-state index contributed by atoms with van der Waals surface area (Å²) in [6.07, 6.45) is 3.76. The summed E-state index contributed by atoms with van der Waals surface area (Å²) in [6.45, 7) is 4.89. The van der Waals surface area contributed by atoms with Crippen LogP contribution in [0.1, 0.15) is 32.6 Å². The number of likely N-dealkylation sites (tertiary alicyclic amines) is 1. The molecule has 0 aromatic carbocycles. The molecule has 0 aromatic heterocycles. The smallest absolute Gasteiger partial charge is 0.315 e. The first-order valence-corrected chi connectivity index (χ1v) is 11.1. The number of nitrogens with zero attached hydrogens (tertiary/aromatic N) is 2. The number of hydrogen-bond acceptors (Lipinski definition) is 4. The molecular formula is C16H30IN5O3S. The normalized spacial score (nSPS) is 27.7. The number of nitrogens with one attached hydrogen (secondary N) is 3. The summed E-state index contributed by atoms with van der Waals surface area (Å²) < 4.78 is 23.1. The van der Waals surface area contributed by atoms with Gasteiger partial charge < -0.3 is 20.9 Å². The number of urea groups is 1. The molecule has 3 N–H and O–H groups in total. The Kier molecular flexibility index (Phi) is 7.80. The highest BCUT2D eigenvalue weighted by Crippen LogP contribution is 2.20. The molecule has 0 spiro atoms. The standard InChI is InChI=1S/C16H29N5O3S.HI/c1-2-17-15(18-9-12-6-8-25(23,24)11-12)21-7-5-14(10-21)20-16(22)19-13-3-4-13;/h12-14H,2-11H2,1H3,(H,17,18)(H2,19,20,22);1H. The number of amides is 2. The zero-order chi connectivity index (χ0) is 17.9. The summed E-state index contributed by atoms with van der Waals surface area (Å²) >= 11 is 0. The summed E-state index contributed by atoms with van der Waals surface area (Å²) in [5, 5.41) is 9.26. The third kappa shape index (κ3) is 6.43. The monoisotopic (exact) mass is 499 g/mol. The van der Waals surface area contributed by atoms with Gasteiger partial charge in [-0.15, -0.1) is 24.0 Å². The van der Waals surface area contributed by atoms with E-state index in [1.54, 1.807) is 0 Å². The van der Waals surface area contributed by atoms with Crippen LogP contribution < -0.4 is 16.0 Å². The average Bonchev–Trinajstić information content (AvgIpc) is 3.11. The molecule has 3 rings (SSSR count). The van der Waals surface area contributed by atoms with Gasteiger partial charge in [0.1, 0.15) is 0 Å². The molecule has 1 aliphatic carbocycles. The molecule has 2 unspecified atom stereocenters. The maximum absolute atomic E-state index is 11.9. The molecule has 26 heavy (non-hydrogen) atoms. The number of sulfone groups is 1. The van der Waals surface area contributed by atoms with Crippen molar-refractivity contribution < 1.29 is 13.2 Å². The lowest BCUT2D eigenvalue weighted by atomic mass is 10.1. The molecule has 2 heterocycles. The van der Waals surface area contributed by atoms with Gasteiger partial charge in [-0.2, -0.15) is 0 Å². The van der Waals surface area contributed by atoms with Crippen LogP contribution in [0.4, 0.5) is 4.79 Å². The summed E-state index contributed by atoms with van der Waals surface area (Å²) in [6, 6.07) is 0.404. The Morgan fingerprint density at radius 1 is 1.15 bits per heavy atom. The highest BCUT2D eigenvalue weighted by atomic mass is 127. The summed E-state index contributed by atoms with van der Waals surface area (Å²) in [7, 11) is -2.86.